The van der Waals surface area contributed by atoms with Crippen LogP contribution in [0.15, 0.2) is 36.4 Å². The lowest BCUT2D eigenvalue weighted by molar-refractivity contribution is 0.966. The third-order valence-corrected chi connectivity index (χ3v) is 4.22. The van der Waals surface area contributed by atoms with Gasteiger partial charge in [-0.2, -0.15) is 5.10 Å². The number of hydrogen-bond donors (Lipinski definition) is 2. The monoisotopic (exact) mass is 345 g/mol. The number of rotatable bonds is 4. The normalized spacial score (nSPS) is 14.0. The van der Waals surface area contributed by atoms with Crippen molar-refractivity contribution in [3.8, 4) is 11.3 Å². The Labute approximate surface area is 143 Å². The first-order valence-electron chi connectivity index (χ1n) is 7.31. The fourth-order valence-corrected chi connectivity index (χ4v) is 2.84. The first-order chi connectivity index (χ1) is 11.2. The van der Waals surface area contributed by atoms with Gasteiger partial charge in [0, 0.05) is 34.3 Å². The summed E-state index contributed by atoms with van der Waals surface area (Å²) in [7, 11) is 0. The number of halogens is 2. The Morgan fingerprint density at radius 2 is 1.87 bits per heavy atom. The molecule has 1 fully saturated rings. The summed E-state index contributed by atoms with van der Waals surface area (Å²) in [5.41, 5.74) is 2.62. The quantitative estimate of drug-likeness (QED) is 0.666. The van der Waals surface area contributed by atoms with E-state index in [0.717, 1.165) is 11.3 Å². The molecule has 2 aromatic heterocycles. The van der Waals surface area contributed by atoms with Crippen molar-refractivity contribution >= 4 is 34.8 Å². The summed E-state index contributed by atoms with van der Waals surface area (Å²) in [6, 6.07) is 11.3. The van der Waals surface area contributed by atoms with Crippen LogP contribution in [0.1, 0.15) is 24.5 Å². The van der Waals surface area contributed by atoms with Gasteiger partial charge in [0.2, 0.25) is 5.28 Å². The Balaban J connectivity index is 1.64. The lowest BCUT2D eigenvalue weighted by atomic mass is 10.1. The summed E-state index contributed by atoms with van der Waals surface area (Å²) in [5, 5.41) is 11.2. The Hall–Kier alpha value is -2.11. The van der Waals surface area contributed by atoms with Gasteiger partial charge in [0.15, 0.2) is 5.82 Å². The van der Waals surface area contributed by atoms with E-state index in [2.05, 4.69) is 25.5 Å². The first-order valence-corrected chi connectivity index (χ1v) is 8.06. The van der Waals surface area contributed by atoms with Crippen molar-refractivity contribution in [2.75, 3.05) is 5.32 Å². The van der Waals surface area contributed by atoms with E-state index in [1.807, 2.05) is 30.3 Å². The topological polar surface area (TPSA) is 66.5 Å². The molecule has 4 rings (SSSR count). The van der Waals surface area contributed by atoms with Crippen LogP contribution in [0.4, 0.5) is 11.6 Å². The highest BCUT2D eigenvalue weighted by Gasteiger charge is 2.25. The maximum absolute atomic E-state index is 6.23. The minimum Gasteiger partial charge on any atom is -0.323 e. The summed E-state index contributed by atoms with van der Waals surface area (Å²) in [6.07, 6.45) is 2.44. The highest BCUT2D eigenvalue weighted by Crippen LogP contribution is 2.39. The van der Waals surface area contributed by atoms with Gasteiger partial charge in [0.05, 0.1) is 5.69 Å². The maximum Gasteiger partial charge on any atom is 0.224 e. The summed E-state index contributed by atoms with van der Waals surface area (Å²) < 4.78 is 0. The fraction of sp³-hybridized carbons (Fsp3) is 0.188. The zero-order valence-electron chi connectivity index (χ0n) is 12.1. The van der Waals surface area contributed by atoms with Gasteiger partial charge in [-0.3, -0.25) is 5.10 Å². The molecule has 3 aromatic rings. The van der Waals surface area contributed by atoms with Crippen molar-refractivity contribution in [2.24, 2.45) is 0 Å². The number of hydrogen-bond acceptors (Lipinski definition) is 4. The van der Waals surface area contributed by atoms with Gasteiger partial charge < -0.3 is 5.32 Å². The Bertz CT molecular complexity index is 857. The van der Waals surface area contributed by atoms with Crippen LogP contribution >= 0.6 is 23.2 Å². The zero-order valence-corrected chi connectivity index (χ0v) is 13.6. The second kappa shape index (κ2) is 5.83. The van der Waals surface area contributed by atoms with E-state index < -0.39 is 0 Å². The molecule has 1 aliphatic rings. The van der Waals surface area contributed by atoms with Crippen molar-refractivity contribution in [3.05, 3.63) is 52.4 Å². The predicted molar refractivity (Wildman–Crippen MR) is 91.3 cm³/mol. The van der Waals surface area contributed by atoms with Gasteiger partial charge in [-0.1, -0.05) is 29.8 Å². The number of aromatic amines is 1. The van der Waals surface area contributed by atoms with Gasteiger partial charge in [-0.25, -0.2) is 9.97 Å². The second-order valence-corrected chi connectivity index (χ2v) is 6.24. The van der Waals surface area contributed by atoms with Crippen molar-refractivity contribution in [2.45, 2.75) is 18.8 Å². The molecule has 0 saturated heterocycles. The van der Waals surface area contributed by atoms with E-state index in [1.165, 1.54) is 12.8 Å². The van der Waals surface area contributed by atoms with Crippen LogP contribution < -0.4 is 5.32 Å². The number of benzene rings is 1. The standard InChI is InChI=1S/C16H13Cl2N5/c17-11-4-2-1-3-10(11)13-8-14(21-16(18)19-13)20-15-7-12(22-23-15)9-5-6-9/h1-4,7-9H,5-6H2,(H2,19,20,21,22,23). The summed E-state index contributed by atoms with van der Waals surface area (Å²) >= 11 is 12.3. The molecule has 0 amide bonds. The van der Waals surface area contributed by atoms with Crippen molar-refractivity contribution in [3.63, 3.8) is 0 Å². The second-order valence-electron chi connectivity index (χ2n) is 5.50. The van der Waals surface area contributed by atoms with Crippen molar-refractivity contribution < 1.29 is 0 Å². The molecule has 2 N–H and O–H groups in total. The van der Waals surface area contributed by atoms with Gasteiger partial charge in [0.25, 0.3) is 0 Å². The largest absolute Gasteiger partial charge is 0.323 e. The molecule has 0 radical (unpaired) electrons. The smallest absolute Gasteiger partial charge is 0.224 e. The van der Waals surface area contributed by atoms with Gasteiger partial charge in [-0.05, 0) is 30.5 Å². The molecular formula is C16H13Cl2N5. The Morgan fingerprint density at radius 1 is 1.04 bits per heavy atom. The van der Waals surface area contributed by atoms with E-state index in [-0.39, 0.29) is 5.28 Å². The first kappa shape index (κ1) is 14.5. The highest BCUT2D eigenvalue weighted by atomic mass is 35.5. The molecule has 116 valence electrons. The summed E-state index contributed by atoms with van der Waals surface area (Å²) in [5.74, 6) is 1.91. The van der Waals surface area contributed by atoms with E-state index in [1.54, 1.807) is 6.07 Å². The van der Waals surface area contributed by atoms with Crippen LogP contribution in [0.5, 0.6) is 0 Å². The van der Waals surface area contributed by atoms with Crippen LogP contribution in [0.2, 0.25) is 10.3 Å². The Kier molecular flexibility index (Phi) is 3.67. The maximum atomic E-state index is 6.23. The Morgan fingerprint density at radius 3 is 2.65 bits per heavy atom. The molecule has 0 unspecified atom stereocenters. The summed E-state index contributed by atoms with van der Waals surface area (Å²) in [6.45, 7) is 0. The average Bonchev–Trinajstić information content (AvgIpc) is 3.28. The number of nitrogens with zero attached hydrogens (tertiary/aromatic N) is 3. The number of nitrogens with one attached hydrogen (secondary N) is 2. The fourth-order valence-electron chi connectivity index (χ4n) is 2.42. The number of anilines is 2. The molecule has 23 heavy (non-hydrogen) atoms. The molecule has 0 spiro atoms. The molecule has 5 nitrogen and oxygen atoms in total. The van der Waals surface area contributed by atoms with E-state index >= 15 is 0 Å². The molecule has 7 heteroatoms. The molecule has 0 aliphatic heterocycles. The van der Waals surface area contributed by atoms with Gasteiger partial charge in [-0.15, -0.1) is 0 Å². The average molecular weight is 346 g/mol. The molecular weight excluding hydrogens is 333 g/mol. The number of H-pyrrole nitrogens is 1. The third kappa shape index (κ3) is 3.16. The van der Waals surface area contributed by atoms with Crippen LogP contribution in [0.25, 0.3) is 11.3 Å². The van der Waals surface area contributed by atoms with Crippen molar-refractivity contribution in [1.82, 2.24) is 20.2 Å². The van der Waals surface area contributed by atoms with Gasteiger partial charge >= 0.3 is 0 Å². The van der Waals surface area contributed by atoms with E-state index in [0.29, 0.717) is 28.3 Å². The minimum absolute atomic E-state index is 0.155. The molecule has 0 atom stereocenters. The van der Waals surface area contributed by atoms with Crippen LogP contribution in [-0.2, 0) is 0 Å². The van der Waals surface area contributed by atoms with Crippen LogP contribution in [-0.4, -0.2) is 20.2 Å². The van der Waals surface area contributed by atoms with Crippen molar-refractivity contribution in [1.29, 1.82) is 0 Å². The highest BCUT2D eigenvalue weighted by molar-refractivity contribution is 6.33. The molecule has 2 heterocycles. The van der Waals surface area contributed by atoms with Crippen LogP contribution in [0.3, 0.4) is 0 Å². The number of aromatic nitrogens is 4. The molecule has 0 bridgehead atoms. The third-order valence-electron chi connectivity index (χ3n) is 3.72. The van der Waals surface area contributed by atoms with Crippen LogP contribution in [0, 0.1) is 0 Å². The predicted octanol–water partition coefficient (Wildman–Crippen LogP) is 4.79. The minimum atomic E-state index is 0.155. The molecule has 1 saturated carbocycles. The van der Waals surface area contributed by atoms with E-state index in [4.69, 9.17) is 23.2 Å². The molecule has 1 aliphatic carbocycles. The molecule has 1 aromatic carbocycles. The van der Waals surface area contributed by atoms with E-state index in [9.17, 15) is 0 Å². The summed E-state index contributed by atoms with van der Waals surface area (Å²) in [4.78, 5) is 8.45. The lowest BCUT2D eigenvalue weighted by Crippen LogP contribution is -1.97. The SMILES string of the molecule is Clc1nc(Nc2cc(C3CC3)[nH]n2)cc(-c2ccccc2Cl)n1. The van der Waals surface area contributed by atoms with Gasteiger partial charge in [0.1, 0.15) is 5.82 Å². The zero-order chi connectivity index (χ0) is 15.8. The lowest BCUT2D eigenvalue weighted by Gasteiger charge is -2.07.